The average Bonchev–Trinajstić information content (AvgIpc) is 3.19. The summed E-state index contributed by atoms with van der Waals surface area (Å²) in [6, 6.07) is 7.18. The van der Waals surface area contributed by atoms with Crippen molar-refractivity contribution in [2.24, 2.45) is 7.05 Å². The Morgan fingerprint density at radius 2 is 2.15 bits per heavy atom. The van der Waals surface area contributed by atoms with Crippen molar-refractivity contribution in [2.45, 2.75) is 31.3 Å². The number of aryl methyl sites for hydroxylation is 1. The Bertz CT molecular complexity index is 1440. The van der Waals surface area contributed by atoms with Crippen LogP contribution in [0.3, 0.4) is 0 Å². The lowest BCUT2D eigenvalue weighted by molar-refractivity contribution is 0.102. The van der Waals surface area contributed by atoms with Crippen LogP contribution in [0.25, 0.3) is 21.1 Å². The summed E-state index contributed by atoms with van der Waals surface area (Å²) in [5, 5.41) is 11.8. The second kappa shape index (κ2) is 7.64. The maximum absolute atomic E-state index is 14.5. The first kappa shape index (κ1) is 21.3. The molecule has 0 unspecified atom stereocenters. The smallest absolute Gasteiger partial charge is 0.274 e. The van der Waals surface area contributed by atoms with E-state index in [2.05, 4.69) is 32.5 Å². The summed E-state index contributed by atoms with van der Waals surface area (Å²) in [5.74, 6) is -0.828. The lowest BCUT2D eigenvalue weighted by Crippen LogP contribution is -2.57. The van der Waals surface area contributed by atoms with E-state index in [1.807, 2.05) is 6.07 Å². The Labute approximate surface area is 199 Å². The van der Waals surface area contributed by atoms with E-state index in [9.17, 15) is 9.18 Å². The van der Waals surface area contributed by atoms with Crippen molar-refractivity contribution in [3.05, 3.63) is 41.8 Å². The van der Waals surface area contributed by atoms with Crippen molar-refractivity contribution in [3.8, 4) is 5.19 Å². The number of nitrogens with one attached hydrogen (secondary N) is 2. The van der Waals surface area contributed by atoms with Crippen LogP contribution in [-0.2, 0) is 7.05 Å². The first-order chi connectivity index (χ1) is 16.3. The zero-order valence-corrected chi connectivity index (χ0v) is 20.0. The summed E-state index contributed by atoms with van der Waals surface area (Å²) in [5.41, 5.74) is 2.92. The molecule has 1 saturated carbocycles. The summed E-state index contributed by atoms with van der Waals surface area (Å²) in [7, 11) is 3.31. The summed E-state index contributed by atoms with van der Waals surface area (Å²) in [4.78, 5) is 20.3. The summed E-state index contributed by atoms with van der Waals surface area (Å²) >= 11 is 1.44. The topological polar surface area (TPSA) is 84.3 Å². The molecule has 1 spiro atoms. The van der Waals surface area contributed by atoms with Gasteiger partial charge in [-0.15, -0.1) is 0 Å². The van der Waals surface area contributed by atoms with Gasteiger partial charge in [-0.1, -0.05) is 11.3 Å². The van der Waals surface area contributed by atoms with Crippen LogP contribution in [0.5, 0.6) is 5.19 Å². The molecule has 2 fully saturated rings. The number of benzene rings is 2. The molecule has 6 rings (SSSR count). The summed E-state index contributed by atoms with van der Waals surface area (Å²) < 4.78 is 22.4. The van der Waals surface area contributed by atoms with Crippen molar-refractivity contribution in [1.29, 1.82) is 0 Å². The minimum absolute atomic E-state index is 0.198. The van der Waals surface area contributed by atoms with Gasteiger partial charge in [-0.05, 0) is 44.0 Å². The predicted molar refractivity (Wildman–Crippen MR) is 132 cm³/mol. The largest absolute Gasteiger partial charge is 0.473 e. The molecule has 0 bridgehead atoms. The van der Waals surface area contributed by atoms with Gasteiger partial charge in [-0.3, -0.25) is 9.48 Å². The fraction of sp³-hybridized carbons (Fsp3) is 0.375. The number of ether oxygens (including phenoxy) is 1. The molecule has 2 aromatic heterocycles. The highest BCUT2D eigenvalue weighted by molar-refractivity contribution is 7.21. The molecule has 3 heterocycles. The van der Waals surface area contributed by atoms with Crippen molar-refractivity contribution < 1.29 is 13.9 Å². The number of thiazole rings is 1. The van der Waals surface area contributed by atoms with Gasteiger partial charge in [0.25, 0.3) is 11.1 Å². The number of nitrogens with zero attached hydrogens (tertiary/aromatic N) is 4. The fourth-order valence-electron chi connectivity index (χ4n) is 4.99. The van der Waals surface area contributed by atoms with Crippen LogP contribution in [0.15, 0.2) is 30.5 Å². The molecule has 2 aliphatic rings. The molecular weight excluding hydrogens is 455 g/mol. The predicted octanol–water partition coefficient (Wildman–Crippen LogP) is 3.91. The molecule has 2 N–H and O–H groups in total. The van der Waals surface area contributed by atoms with Gasteiger partial charge in [0.15, 0.2) is 5.82 Å². The molecule has 0 radical (unpaired) electrons. The molecular formula is C24H25FN6O2S. The van der Waals surface area contributed by atoms with Crippen LogP contribution in [0.4, 0.5) is 15.8 Å². The maximum atomic E-state index is 14.5. The standard InChI is InChI=1S/C24H25FN6O2S/c1-13-10-31(12-24(28-13)6-7-24)18-5-4-16(20-21(18)34-23(27-20)33-3)22(32)26-15-8-14-11-30(2)29-19(14)17(25)9-15/h4-5,8-9,11,13,28H,6-7,10,12H2,1-3H3,(H,26,32)/t13-/m1/s1. The first-order valence-electron chi connectivity index (χ1n) is 11.3. The number of rotatable bonds is 4. The molecule has 8 nitrogen and oxygen atoms in total. The SMILES string of the molecule is COc1nc2c(C(=O)Nc3cc(F)c4nn(C)cc4c3)ccc(N3C[C@@H](C)NC4(CC4)C3)c2s1. The van der Waals surface area contributed by atoms with Crippen molar-refractivity contribution in [2.75, 3.05) is 30.4 Å². The van der Waals surface area contributed by atoms with Gasteiger partial charge in [0.05, 0.1) is 23.1 Å². The van der Waals surface area contributed by atoms with Crippen LogP contribution in [-0.4, -0.2) is 52.5 Å². The molecule has 34 heavy (non-hydrogen) atoms. The minimum Gasteiger partial charge on any atom is -0.473 e. The number of anilines is 2. The van der Waals surface area contributed by atoms with Gasteiger partial charge in [0, 0.05) is 49.0 Å². The molecule has 10 heteroatoms. The number of fused-ring (bicyclic) bond motifs is 2. The normalized spacial score (nSPS) is 19.2. The van der Waals surface area contributed by atoms with Crippen molar-refractivity contribution in [1.82, 2.24) is 20.1 Å². The molecule has 176 valence electrons. The molecule has 1 amide bonds. The van der Waals surface area contributed by atoms with E-state index in [4.69, 9.17) is 4.74 Å². The quantitative estimate of drug-likeness (QED) is 0.461. The second-order valence-corrected chi connectivity index (χ2v) is 10.3. The zero-order chi connectivity index (χ0) is 23.6. The third-order valence-electron chi connectivity index (χ3n) is 6.59. The Hall–Kier alpha value is -3.24. The monoisotopic (exact) mass is 480 g/mol. The van der Waals surface area contributed by atoms with Gasteiger partial charge < -0.3 is 20.3 Å². The minimum atomic E-state index is -0.481. The zero-order valence-electron chi connectivity index (χ0n) is 19.2. The summed E-state index contributed by atoms with van der Waals surface area (Å²) in [6.07, 6.45) is 4.08. The first-order valence-corrected chi connectivity index (χ1v) is 12.1. The lowest BCUT2D eigenvalue weighted by atomic mass is 10.1. The highest BCUT2D eigenvalue weighted by Gasteiger charge is 2.47. The number of halogens is 1. The van der Waals surface area contributed by atoms with Crippen LogP contribution in [0, 0.1) is 5.82 Å². The van der Waals surface area contributed by atoms with Crippen molar-refractivity contribution >= 4 is 49.7 Å². The van der Waals surface area contributed by atoms with E-state index in [1.54, 1.807) is 37.2 Å². The number of hydrogen-bond donors (Lipinski definition) is 2. The highest BCUT2D eigenvalue weighted by atomic mass is 32.1. The maximum Gasteiger partial charge on any atom is 0.274 e. The van der Waals surface area contributed by atoms with Gasteiger partial charge in [0.2, 0.25) is 0 Å². The third kappa shape index (κ3) is 3.57. The Kier molecular flexibility index (Phi) is 4.79. The van der Waals surface area contributed by atoms with E-state index in [1.165, 1.54) is 30.2 Å². The van der Waals surface area contributed by atoms with Gasteiger partial charge in [-0.25, -0.2) is 9.37 Å². The third-order valence-corrected chi connectivity index (χ3v) is 7.63. The second-order valence-electron chi connectivity index (χ2n) is 9.35. The van der Waals surface area contributed by atoms with E-state index < -0.39 is 5.82 Å². The highest BCUT2D eigenvalue weighted by Crippen LogP contribution is 2.43. The fourth-order valence-corrected chi connectivity index (χ4v) is 5.94. The Morgan fingerprint density at radius 3 is 2.91 bits per heavy atom. The van der Waals surface area contributed by atoms with E-state index in [0.717, 1.165) is 23.5 Å². The number of aromatic nitrogens is 3. The molecule has 1 saturated heterocycles. The van der Waals surface area contributed by atoms with E-state index in [0.29, 0.717) is 33.4 Å². The Morgan fingerprint density at radius 1 is 1.32 bits per heavy atom. The lowest BCUT2D eigenvalue weighted by Gasteiger charge is -2.39. The van der Waals surface area contributed by atoms with Crippen LogP contribution < -0.4 is 20.3 Å². The molecule has 1 aliphatic carbocycles. The van der Waals surface area contributed by atoms with Gasteiger partial charge in [0.1, 0.15) is 11.0 Å². The number of hydrogen-bond acceptors (Lipinski definition) is 7. The van der Waals surface area contributed by atoms with Crippen molar-refractivity contribution in [3.63, 3.8) is 0 Å². The molecule has 1 aliphatic heterocycles. The van der Waals surface area contributed by atoms with Gasteiger partial charge in [-0.2, -0.15) is 5.10 Å². The summed E-state index contributed by atoms with van der Waals surface area (Å²) in [6.45, 7) is 4.02. The number of carbonyl (C=O) groups is 1. The Balaban J connectivity index is 1.36. The number of methoxy groups -OCH3 is 1. The van der Waals surface area contributed by atoms with Gasteiger partial charge >= 0.3 is 0 Å². The number of amides is 1. The van der Waals surface area contributed by atoms with E-state index in [-0.39, 0.29) is 17.0 Å². The molecule has 2 aromatic carbocycles. The average molecular weight is 481 g/mol. The van der Waals surface area contributed by atoms with Crippen LogP contribution >= 0.6 is 11.3 Å². The van der Waals surface area contributed by atoms with Crippen LogP contribution in [0.1, 0.15) is 30.1 Å². The molecule has 1 atom stereocenters. The number of carbonyl (C=O) groups excluding carboxylic acids is 1. The molecule has 4 aromatic rings. The number of piperazine rings is 1. The van der Waals surface area contributed by atoms with E-state index >= 15 is 0 Å². The van der Waals surface area contributed by atoms with Crippen LogP contribution in [0.2, 0.25) is 0 Å².